The number of aryl methyl sites for hydroxylation is 1. The van der Waals surface area contributed by atoms with Crippen molar-refractivity contribution in [2.24, 2.45) is 11.3 Å². The van der Waals surface area contributed by atoms with Gasteiger partial charge in [0.25, 0.3) is 0 Å². The zero-order chi connectivity index (χ0) is 12.2. The first-order chi connectivity index (χ1) is 7.44. The third-order valence-electron chi connectivity index (χ3n) is 2.82. The average molecular weight is 221 g/mol. The molecular weight excluding hydrogens is 198 g/mol. The normalized spacial score (nSPS) is 13.8. The molecule has 1 atom stereocenters. The molecule has 16 heavy (non-hydrogen) atoms. The van der Waals surface area contributed by atoms with Crippen LogP contribution in [0, 0.1) is 12.3 Å². The average Bonchev–Trinajstić information content (AvgIpc) is 2.20. The lowest BCUT2D eigenvalue weighted by Crippen LogP contribution is -2.29. The standard InChI is InChI=1S/C13H23N3/c1-10-9-15-8-6-11(10)12(16-14)5-7-13(2,3)4/h6,8-9,12,16H,5,7,14H2,1-4H3. The maximum absolute atomic E-state index is 5.63. The lowest BCUT2D eigenvalue weighted by atomic mass is 9.87. The highest BCUT2D eigenvalue weighted by molar-refractivity contribution is 5.25. The van der Waals surface area contributed by atoms with Crippen LogP contribution < -0.4 is 11.3 Å². The molecule has 0 aromatic carbocycles. The molecule has 3 nitrogen and oxygen atoms in total. The van der Waals surface area contributed by atoms with Crippen molar-refractivity contribution in [1.82, 2.24) is 10.4 Å². The van der Waals surface area contributed by atoms with Crippen LogP contribution in [0.25, 0.3) is 0 Å². The van der Waals surface area contributed by atoms with E-state index in [2.05, 4.69) is 38.1 Å². The molecule has 90 valence electrons. The predicted octanol–water partition coefficient (Wildman–Crippen LogP) is 2.72. The number of nitrogens with zero attached hydrogens (tertiary/aromatic N) is 1. The summed E-state index contributed by atoms with van der Waals surface area (Å²) >= 11 is 0. The Morgan fingerprint density at radius 2 is 2.12 bits per heavy atom. The molecule has 0 saturated carbocycles. The van der Waals surface area contributed by atoms with Gasteiger partial charge in [0.05, 0.1) is 0 Å². The van der Waals surface area contributed by atoms with Gasteiger partial charge in [-0.15, -0.1) is 0 Å². The molecule has 0 aliphatic heterocycles. The van der Waals surface area contributed by atoms with Crippen LogP contribution in [-0.4, -0.2) is 4.98 Å². The number of nitrogens with one attached hydrogen (secondary N) is 1. The number of hydrogen-bond donors (Lipinski definition) is 2. The molecule has 0 fully saturated rings. The molecule has 0 amide bonds. The number of hydrazine groups is 1. The molecule has 0 radical (unpaired) electrons. The van der Waals surface area contributed by atoms with E-state index in [9.17, 15) is 0 Å². The molecule has 0 spiro atoms. The van der Waals surface area contributed by atoms with E-state index >= 15 is 0 Å². The third kappa shape index (κ3) is 3.91. The van der Waals surface area contributed by atoms with Crippen molar-refractivity contribution in [2.75, 3.05) is 0 Å². The fraction of sp³-hybridized carbons (Fsp3) is 0.615. The van der Waals surface area contributed by atoms with Gasteiger partial charge in [-0.1, -0.05) is 20.8 Å². The Morgan fingerprint density at radius 3 is 2.62 bits per heavy atom. The van der Waals surface area contributed by atoms with Gasteiger partial charge >= 0.3 is 0 Å². The largest absolute Gasteiger partial charge is 0.271 e. The van der Waals surface area contributed by atoms with Crippen molar-refractivity contribution < 1.29 is 0 Å². The number of aromatic nitrogens is 1. The fourth-order valence-electron chi connectivity index (χ4n) is 1.78. The summed E-state index contributed by atoms with van der Waals surface area (Å²) < 4.78 is 0. The second-order valence-electron chi connectivity index (χ2n) is 5.55. The molecule has 1 aromatic heterocycles. The van der Waals surface area contributed by atoms with E-state index < -0.39 is 0 Å². The number of pyridine rings is 1. The highest BCUT2D eigenvalue weighted by Gasteiger charge is 2.16. The Labute approximate surface area is 98.4 Å². The van der Waals surface area contributed by atoms with E-state index in [1.807, 2.05) is 18.5 Å². The molecule has 0 aliphatic rings. The van der Waals surface area contributed by atoms with Crippen LogP contribution in [0.1, 0.15) is 50.8 Å². The minimum atomic E-state index is 0.224. The van der Waals surface area contributed by atoms with Crippen LogP contribution in [-0.2, 0) is 0 Å². The smallest absolute Gasteiger partial charge is 0.0463 e. The summed E-state index contributed by atoms with van der Waals surface area (Å²) in [6.45, 7) is 8.82. The van der Waals surface area contributed by atoms with Crippen LogP contribution in [0.2, 0.25) is 0 Å². The summed E-state index contributed by atoms with van der Waals surface area (Å²) in [6, 6.07) is 2.27. The van der Waals surface area contributed by atoms with Gasteiger partial charge in [0, 0.05) is 18.4 Å². The SMILES string of the molecule is Cc1cnccc1C(CCC(C)(C)C)NN. The number of rotatable bonds is 4. The first-order valence-electron chi connectivity index (χ1n) is 5.80. The monoisotopic (exact) mass is 221 g/mol. The molecule has 3 N–H and O–H groups in total. The zero-order valence-corrected chi connectivity index (χ0v) is 10.7. The van der Waals surface area contributed by atoms with Gasteiger partial charge in [-0.2, -0.15) is 0 Å². The van der Waals surface area contributed by atoms with Crippen molar-refractivity contribution in [3.05, 3.63) is 29.6 Å². The summed E-state index contributed by atoms with van der Waals surface area (Å²) in [7, 11) is 0. The van der Waals surface area contributed by atoms with Gasteiger partial charge in [-0.05, 0) is 42.4 Å². The van der Waals surface area contributed by atoms with Crippen LogP contribution in [0.15, 0.2) is 18.5 Å². The van der Waals surface area contributed by atoms with E-state index in [0.29, 0.717) is 5.41 Å². The van der Waals surface area contributed by atoms with Crippen LogP contribution in [0.5, 0.6) is 0 Å². The van der Waals surface area contributed by atoms with E-state index in [-0.39, 0.29) is 6.04 Å². The van der Waals surface area contributed by atoms with Crippen molar-refractivity contribution in [2.45, 2.75) is 46.6 Å². The summed E-state index contributed by atoms with van der Waals surface area (Å²) in [5.74, 6) is 5.63. The van der Waals surface area contributed by atoms with Gasteiger partial charge in [0.15, 0.2) is 0 Å². The van der Waals surface area contributed by atoms with Crippen LogP contribution >= 0.6 is 0 Å². The maximum atomic E-state index is 5.63. The van der Waals surface area contributed by atoms with Gasteiger partial charge < -0.3 is 0 Å². The zero-order valence-electron chi connectivity index (χ0n) is 10.7. The van der Waals surface area contributed by atoms with Crippen LogP contribution in [0.3, 0.4) is 0 Å². The number of hydrogen-bond acceptors (Lipinski definition) is 3. The first kappa shape index (κ1) is 13.1. The van der Waals surface area contributed by atoms with E-state index in [4.69, 9.17) is 5.84 Å². The van der Waals surface area contributed by atoms with Crippen molar-refractivity contribution in [3.8, 4) is 0 Å². The number of nitrogens with two attached hydrogens (primary N) is 1. The van der Waals surface area contributed by atoms with Gasteiger partial charge in [-0.25, -0.2) is 0 Å². The summed E-state index contributed by atoms with van der Waals surface area (Å²) in [5.41, 5.74) is 5.69. The van der Waals surface area contributed by atoms with Gasteiger partial charge in [0.1, 0.15) is 0 Å². The highest BCUT2D eigenvalue weighted by Crippen LogP contribution is 2.27. The molecule has 1 rings (SSSR count). The minimum Gasteiger partial charge on any atom is -0.271 e. The molecule has 0 aliphatic carbocycles. The fourth-order valence-corrected chi connectivity index (χ4v) is 1.78. The summed E-state index contributed by atoms with van der Waals surface area (Å²) in [6.07, 6.45) is 5.90. The minimum absolute atomic E-state index is 0.224. The van der Waals surface area contributed by atoms with Crippen molar-refractivity contribution in [3.63, 3.8) is 0 Å². The second-order valence-corrected chi connectivity index (χ2v) is 5.55. The molecule has 0 bridgehead atoms. The maximum Gasteiger partial charge on any atom is 0.0463 e. The molecule has 1 unspecified atom stereocenters. The molecule has 1 heterocycles. The second kappa shape index (κ2) is 5.41. The van der Waals surface area contributed by atoms with Gasteiger partial charge in [-0.3, -0.25) is 16.3 Å². The van der Waals surface area contributed by atoms with Crippen molar-refractivity contribution >= 4 is 0 Å². The molecule has 1 aromatic rings. The van der Waals surface area contributed by atoms with E-state index in [0.717, 1.165) is 12.8 Å². The molecular formula is C13H23N3. The van der Waals surface area contributed by atoms with E-state index in [1.54, 1.807) is 0 Å². The lowest BCUT2D eigenvalue weighted by molar-refractivity contribution is 0.333. The van der Waals surface area contributed by atoms with Gasteiger partial charge in [0.2, 0.25) is 0 Å². The topological polar surface area (TPSA) is 50.9 Å². The Hall–Kier alpha value is -0.930. The Kier molecular flexibility index (Phi) is 4.44. The summed E-state index contributed by atoms with van der Waals surface area (Å²) in [4.78, 5) is 4.10. The summed E-state index contributed by atoms with van der Waals surface area (Å²) in [5, 5.41) is 0. The predicted molar refractivity (Wildman–Crippen MR) is 67.7 cm³/mol. The van der Waals surface area contributed by atoms with Crippen LogP contribution in [0.4, 0.5) is 0 Å². The molecule has 3 heteroatoms. The van der Waals surface area contributed by atoms with Crippen molar-refractivity contribution in [1.29, 1.82) is 0 Å². The Bertz CT molecular complexity index is 328. The highest BCUT2D eigenvalue weighted by atomic mass is 15.2. The Balaban J connectivity index is 2.72. The first-order valence-corrected chi connectivity index (χ1v) is 5.80. The lowest BCUT2D eigenvalue weighted by Gasteiger charge is -2.23. The quantitative estimate of drug-likeness (QED) is 0.607. The third-order valence-corrected chi connectivity index (χ3v) is 2.82. The van der Waals surface area contributed by atoms with E-state index in [1.165, 1.54) is 11.1 Å². The Morgan fingerprint density at radius 1 is 1.44 bits per heavy atom. The molecule has 0 saturated heterocycles.